The highest BCUT2D eigenvalue weighted by Crippen LogP contribution is 2.43. The molecule has 1 aliphatic rings. The van der Waals surface area contributed by atoms with E-state index in [9.17, 15) is 0 Å². The zero-order valence-electron chi connectivity index (χ0n) is 6.34. The lowest BCUT2D eigenvalue weighted by Gasteiger charge is -1.90. The fourth-order valence-electron chi connectivity index (χ4n) is 1.15. The van der Waals surface area contributed by atoms with Crippen LogP contribution < -0.4 is 5.73 Å². The zero-order chi connectivity index (χ0) is 8.01. The molecule has 0 unspecified atom stereocenters. The molecule has 0 radical (unpaired) electrons. The molecule has 1 aromatic heterocycles. The third-order valence-corrected chi connectivity index (χ3v) is 2.83. The van der Waals surface area contributed by atoms with E-state index in [1.54, 1.807) is 4.68 Å². The van der Waals surface area contributed by atoms with Gasteiger partial charge >= 0.3 is 0 Å². The Kier molecular flexibility index (Phi) is 1.45. The zero-order valence-corrected chi connectivity index (χ0v) is 7.93. The van der Waals surface area contributed by atoms with Crippen LogP contribution in [-0.2, 0) is 7.05 Å². The summed E-state index contributed by atoms with van der Waals surface area (Å²) in [4.78, 5) is 0. The Bertz CT molecular complexity index is 288. The summed E-state index contributed by atoms with van der Waals surface area (Å²) in [5.74, 6) is 1.39. The Morgan fingerprint density at radius 3 is 2.64 bits per heavy atom. The maximum absolute atomic E-state index is 5.72. The summed E-state index contributed by atoms with van der Waals surface area (Å²) in [6.45, 7) is 0. The van der Waals surface area contributed by atoms with Gasteiger partial charge in [-0.3, -0.25) is 4.68 Å². The van der Waals surface area contributed by atoms with Gasteiger partial charge in [-0.25, -0.2) is 0 Å². The van der Waals surface area contributed by atoms with Crippen LogP contribution in [0.3, 0.4) is 0 Å². The first-order chi connectivity index (χ1) is 5.20. The third-order valence-electron chi connectivity index (χ3n) is 2.02. The maximum Gasteiger partial charge on any atom is 0.136 e. The molecule has 11 heavy (non-hydrogen) atoms. The number of aromatic nitrogens is 2. The van der Waals surface area contributed by atoms with E-state index in [4.69, 9.17) is 5.73 Å². The van der Waals surface area contributed by atoms with Crippen LogP contribution in [0, 0.1) is 0 Å². The van der Waals surface area contributed by atoms with Crippen LogP contribution in [0.4, 0.5) is 5.82 Å². The van der Waals surface area contributed by atoms with Gasteiger partial charge in [-0.15, -0.1) is 0 Å². The second-order valence-electron chi connectivity index (χ2n) is 2.98. The minimum Gasteiger partial charge on any atom is -0.383 e. The molecule has 2 rings (SSSR count). The van der Waals surface area contributed by atoms with Gasteiger partial charge in [0.25, 0.3) is 0 Å². The molecule has 1 heterocycles. The first kappa shape index (κ1) is 7.16. The van der Waals surface area contributed by atoms with Gasteiger partial charge in [0.1, 0.15) is 5.82 Å². The number of anilines is 1. The number of hydrogen-bond acceptors (Lipinski definition) is 2. The van der Waals surface area contributed by atoms with E-state index in [1.165, 1.54) is 12.8 Å². The average Bonchev–Trinajstić information content (AvgIpc) is 2.76. The fraction of sp³-hybridized carbons (Fsp3) is 0.571. The van der Waals surface area contributed by atoms with E-state index in [0.29, 0.717) is 5.92 Å². The number of hydrogen-bond donors (Lipinski definition) is 1. The van der Waals surface area contributed by atoms with Crippen molar-refractivity contribution in [1.29, 1.82) is 0 Å². The fourth-order valence-corrected chi connectivity index (χ4v) is 1.81. The van der Waals surface area contributed by atoms with E-state index >= 15 is 0 Å². The molecule has 4 heteroatoms. The average molecular weight is 216 g/mol. The Hall–Kier alpha value is -0.510. The summed E-state index contributed by atoms with van der Waals surface area (Å²) in [7, 11) is 1.87. The number of nitrogens with zero attached hydrogens (tertiary/aromatic N) is 2. The Morgan fingerprint density at radius 2 is 2.27 bits per heavy atom. The van der Waals surface area contributed by atoms with Crippen LogP contribution in [0.15, 0.2) is 4.47 Å². The van der Waals surface area contributed by atoms with E-state index < -0.39 is 0 Å². The molecule has 0 saturated heterocycles. The molecule has 3 nitrogen and oxygen atoms in total. The van der Waals surface area contributed by atoms with Crippen LogP contribution in [-0.4, -0.2) is 9.78 Å². The van der Waals surface area contributed by atoms with Gasteiger partial charge in [-0.2, -0.15) is 5.10 Å². The van der Waals surface area contributed by atoms with Gasteiger partial charge in [0, 0.05) is 13.0 Å². The van der Waals surface area contributed by atoms with E-state index in [1.807, 2.05) is 7.05 Å². The lowest BCUT2D eigenvalue weighted by molar-refractivity contribution is 0.753. The first-order valence-electron chi connectivity index (χ1n) is 3.68. The number of rotatable bonds is 1. The van der Waals surface area contributed by atoms with E-state index in [2.05, 4.69) is 21.0 Å². The molecule has 1 fully saturated rings. The largest absolute Gasteiger partial charge is 0.383 e. The van der Waals surface area contributed by atoms with Crippen LogP contribution in [0.5, 0.6) is 0 Å². The van der Waals surface area contributed by atoms with Gasteiger partial charge in [0.2, 0.25) is 0 Å². The van der Waals surface area contributed by atoms with Crippen molar-refractivity contribution in [2.24, 2.45) is 7.05 Å². The quantitative estimate of drug-likeness (QED) is 0.775. The highest BCUT2D eigenvalue weighted by Gasteiger charge is 2.29. The van der Waals surface area contributed by atoms with E-state index in [0.717, 1.165) is 16.0 Å². The molecule has 0 spiro atoms. The molecular weight excluding hydrogens is 206 g/mol. The lowest BCUT2D eigenvalue weighted by Crippen LogP contribution is -1.97. The minimum absolute atomic E-state index is 0.660. The Labute approximate surface area is 73.7 Å². The van der Waals surface area contributed by atoms with Crippen LogP contribution in [0.25, 0.3) is 0 Å². The van der Waals surface area contributed by atoms with Crippen molar-refractivity contribution in [3.05, 3.63) is 10.2 Å². The summed E-state index contributed by atoms with van der Waals surface area (Å²) in [5.41, 5.74) is 6.85. The SMILES string of the molecule is Cn1nc(C2CC2)c(Br)c1N. The number of aryl methyl sites for hydroxylation is 1. The molecule has 1 saturated carbocycles. The van der Waals surface area contributed by atoms with Crippen LogP contribution in [0.2, 0.25) is 0 Å². The van der Waals surface area contributed by atoms with Gasteiger partial charge in [0.05, 0.1) is 10.2 Å². The van der Waals surface area contributed by atoms with E-state index in [-0.39, 0.29) is 0 Å². The van der Waals surface area contributed by atoms with Crippen molar-refractivity contribution >= 4 is 21.7 Å². The number of nitrogen functional groups attached to an aromatic ring is 1. The van der Waals surface area contributed by atoms with Crippen molar-refractivity contribution in [1.82, 2.24) is 9.78 Å². The minimum atomic E-state index is 0.660. The molecule has 0 aliphatic heterocycles. The molecule has 0 aromatic carbocycles. The summed E-state index contributed by atoms with van der Waals surface area (Å²) in [6, 6.07) is 0. The lowest BCUT2D eigenvalue weighted by atomic mass is 10.3. The van der Waals surface area contributed by atoms with Crippen molar-refractivity contribution < 1.29 is 0 Å². The van der Waals surface area contributed by atoms with Crippen LogP contribution in [0.1, 0.15) is 24.5 Å². The normalized spacial score (nSPS) is 17.3. The van der Waals surface area contributed by atoms with Crippen LogP contribution >= 0.6 is 15.9 Å². The molecule has 60 valence electrons. The summed E-state index contributed by atoms with van der Waals surface area (Å²) < 4.78 is 2.71. The van der Waals surface area contributed by atoms with Gasteiger partial charge < -0.3 is 5.73 Å². The first-order valence-corrected chi connectivity index (χ1v) is 4.47. The molecule has 0 atom stereocenters. The van der Waals surface area contributed by atoms with Crippen molar-refractivity contribution in [3.63, 3.8) is 0 Å². The second kappa shape index (κ2) is 2.24. The summed E-state index contributed by atoms with van der Waals surface area (Å²) in [6.07, 6.45) is 2.52. The molecule has 0 amide bonds. The van der Waals surface area contributed by atoms with Crippen molar-refractivity contribution in [2.45, 2.75) is 18.8 Å². The smallest absolute Gasteiger partial charge is 0.136 e. The topological polar surface area (TPSA) is 43.8 Å². The van der Waals surface area contributed by atoms with Gasteiger partial charge in [0.15, 0.2) is 0 Å². The second-order valence-corrected chi connectivity index (χ2v) is 3.78. The Balaban J connectivity index is 2.46. The molecule has 2 N–H and O–H groups in total. The maximum atomic E-state index is 5.72. The Morgan fingerprint density at radius 1 is 1.64 bits per heavy atom. The summed E-state index contributed by atoms with van der Waals surface area (Å²) >= 11 is 3.43. The van der Waals surface area contributed by atoms with Gasteiger partial charge in [-0.05, 0) is 28.8 Å². The number of halogens is 1. The number of nitrogens with two attached hydrogens (primary N) is 1. The highest BCUT2D eigenvalue weighted by atomic mass is 79.9. The van der Waals surface area contributed by atoms with Gasteiger partial charge in [-0.1, -0.05) is 0 Å². The molecule has 1 aromatic rings. The standard InChI is InChI=1S/C7H10BrN3/c1-11-7(9)5(8)6(10-11)4-2-3-4/h4H,2-3,9H2,1H3. The van der Waals surface area contributed by atoms with Crippen molar-refractivity contribution in [2.75, 3.05) is 5.73 Å². The molecule has 1 aliphatic carbocycles. The third kappa shape index (κ3) is 1.05. The molecular formula is C7H10BrN3. The monoisotopic (exact) mass is 215 g/mol. The highest BCUT2D eigenvalue weighted by molar-refractivity contribution is 9.10. The molecule has 0 bridgehead atoms. The predicted molar refractivity (Wildman–Crippen MR) is 47.3 cm³/mol. The summed E-state index contributed by atoms with van der Waals surface area (Å²) in [5, 5.41) is 4.32. The van der Waals surface area contributed by atoms with Crippen molar-refractivity contribution in [3.8, 4) is 0 Å². The predicted octanol–water partition coefficient (Wildman–Crippen LogP) is 1.64.